The summed E-state index contributed by atoms with van der Waals surface area (Å²) < 4.78 is 2.10. The van der Waals surface area contributed by atoms with E-state index in [1.807, 2.05) is 12.4 Å². The summed E-state index contributed by atoms with van der Waals surface area (Å²) >= 11 is 0. The SMILES string of the molecule is CCN(C)CCNc1nccn1CC. The fraction of sp³-hybridized carbons (Fsp3) is 0.700. The van der Waals surface area contributed by atoms with E-state index in [0.29, 0.717) is 0 Å². The molecule has 0 atom stereocenters. The minimum absolute atomic E-state index is 0.946. The van der Waals surface area contributed by atoms with Gasteiger partial charge in [-0.15, -0.1) is 0 Å². The first kappa shape index (κ1) is 11.0. The summed E-state index contributed by atoms with van der Waals surface area (Å²) in [6.45, 7) is 8.32. The predicted molar refractivity (Wildman–Crippen MR) is 59.6 cm³/mol. The van der Waals surface area contributed by atoms with Crippen molar-refractivity contribution < 1.29 is 0 Å². The maximum absolute atomic E-state index is 4.24. The van der Waals surface area contributed by atoms with Crippen molar-refractivity contribution in [2.24, 2.45) is 0 Å². The van der Waals surface area contributed by atoms with E-state index in [-0.39, 0.29) is 0 Å². The largest absolute Gasteiger partial charge is 0.354 e. The third kappa shape index (κ3) is 3.03. The maximum atomic E-state index is 4.24. The zero-order chi connectivity index (χ0) is 10.4. The molecule has 0 unspecified atom stereocenters. The molecular weight excluding hydrogens is 176 g/mol. The first-order valence-electron chi connectivity index (χ1n) is 5.21. The van der Waals surface area contributed by atoms with E-state index in [1.165, 1.54) is 0 Å². The van der Waals surface area contributed by atoms with Gasteiger partial charge in [0.05, 0.1) is 0 Å². The Balaban J connectivity index is 2.31. The Morgan fingerprint density at radius 1 is 1.50 bits per heavy atom. The molecule has 4 nitrogen and oxygen atoms in total. The molecule has 0 bridgehead atoms. The number of nitrogens with zero attached hydrogens (tertiary/aromatic N) is 3. The lowest BCUT2D eigenvalue weighted by molar-refractivity contribution is 0.366. The maximum Gasteiger partial charge on any atom is 0.202 e. The Bertz CT molecular complexity index is 256. The van der Waals surface area contributed by atoms with E-state index in [0.717, 1.165) is 32.1 Å². The summed E-state index contributed by atoms with van der Waals surface area (Å²) in [7, 11) is 2.12. The summed E-state index contributed by atoms with van der Waals surface area (Å²) in [4.78, 5) is 6.51. The Labute approximate surface area is 85.9 Å². The second kappa shape index (κ2) is 5.65. The monoisotopic (exact) mass is 196 g/mol. The van der Waals surface area contributed by atoms with E-state index in [9.17, 15) is 0 Å². The molecule has 0 saturated heterocycles. The molecule has 1 aromatic rings. The van der Waals surface area contributed by atoms with E-state index < -0.39 is 0 Å². The van der Waals surface area contributed by atoms with Crippen molar-refractivity contribution >= 4 is 5.95 Å². The van der Waals surface area contributed by atoms with Crippen LogP contribution in [0.3, 0.4) is 0 Å². The molecule has 14 heavy (non-hydrogen) atoms. The van der Waals surface area contributed by atoms with Crippen LogP contribution in [0.2, 0.25) is 0 Å². The number of likely N-dealkylation sites (N-methyl/N-ethyl adjacent to an activating group) is 1. The Morgan fingerprint density at radius 3 is 2.93 bits per heavy atom. The van der Waals surface area contributed by atoms with Crippen molar-refractivity contribution in [1.29, 1.82) is 0 Å². The van der Waals surface area contributed by atoms with Gasteiger partial charge >= 0.3 is 0 Å². The standard InChI is InChI=1S/C10H20N4/c1-4-13(3)8-6-11-10-12-7-9-14(10)5-2/h7,9H,4-6,8H2,1-3H3,(H,11,12). The molecule has 0 fully saturated rings. The molecule has 1 heterocycles. The number of anilines is 1. The van der Waals surface area contributed by atoms with Crippen LogP contribution in [0, 0.1) is 0 Å². The van der Waals surface area contributed by atoms with Gasteiger partial charge in [-0.3, -0.25) is 0 Å². The van der Waals surface area contributed by atoms with Crippen molar-refractivity contribution in [1.82, 2.24) is 14.5 Å². The van der Waals surface area contributed by atoms with Crippen LogP contribution in [0.5, 0.6) is 0 Å². The van der Waals surface area contributed by atoms with E-state index in [2.05, 4.69) is 40.7 Å². The van der Waals surface area contributed by atoms with E-state index in [1.54, 1.807) is 0 Å². The summed E-state index contributed by atoms with van der Waals surface area (Å²) in [6.07, 6.45) is 3.82. The molecule has 0 spiro atoms. The first-order valence-corrected chi connectivity index (χ1v) is 5.21. The number of hydrogen-bond acceptors (Lipinski definition) is 3. The van der Waals surface area contributed by atoms with E-state index >= 15 is 0 Å². The Hall–Kier alpha value is -1.03. The molecule has 0 radical (unpaired) electrons. The van der Waals surface area contributed by atoms with Crippen LogP contribution in [-0.2, 0) is 6.54 Å². The van der Waals surface area contributed by atoms with Crippen LogP contribution in [0.25, 0.3) is 0 Å². The van der Waals surface area contributed by atoms with Gasteiger partial charge in [0, 0.05) is 32.0 Å². The number of nitrogens with one attached hydrogen (secondary N) is 1. The van der Waals surface area contributed by atoms with Crippen molar-refractivity contribution in [3.8, 4) is 0 Å². The minimum atomic E-state index is 0.946. The molecule has 0 aliphatic rings. The molecule has 80 valence electrons. The average molecular weight is 196 g/mol. The molecule has 0 aromatic carbocycles. The summed E-state index contributed by atoms with van der Waals surface area (Å²) in [5.74, 6) is 0.969. The normalized spacial score (nSPS) is 10.9. The molecule has 1 aromatic heterocycles. The Morgan fingerprint density at radius 2 is 2.29 bits per heavy atom. The van der Waals surface area contributed by atoms with Gasteiger partial charge < -0.3 is 14.8 Å². The van der Waals surface area contributed by atoms with Crippen LogP contribution >= 0.6 is 0 Å². The number of imidazole rings is 1. The predicted octanol–water partition coefficient (Wildman–Crippen LogP) is 1.27. The highest BCUT2D eigenvalue weighted by atomic mass is 15.2. The molecule has 0 aliphatic heterocycles. The Kier molecular flexibility index (Phi) is 4.46. The summed E-state index contributed by atoms with van der Waals surface area (Å²) in [5.41, 5.74) is 0. The van der Waals surface area contributed by atoms with Gasteiger partial charge in [0.2, 0.25) is 5.95 Å². The van der Waals surface area contributed by atoms with Gasteiger partial charge in [0.1, 0.15) is 0 Å². The number of aromatic nitrogens is 2. The van der Waals surface area contributed by atoms with Gasteiger partial charge in [-0.2, -0.15) is 0 Å². The first-order chi connectivity index (χ1) is 6.77. The molecule has 1 N–H and O–H groups in total. The van der Waals surface area contributed by atoms with Crippen LogP contribution in [-0.4, -0.2) is 41.1 Å². The second-order valence-electron chi connectivity index (χ2n) is 3.36. The minimum Gasteiger partial charge on any atom is -0.354 e. The topological polar surface area (TPSA) is 33.1 Å². The summed E-state index contributed by atoms with van der Waals surface area (Å²) in [6, 6.07) is 0. The lowest BCUT2D eigenvalue weighted by atomic mass is 10.5. The fourth-order valence-electron chi connectivity index (χ4n) is 1.25. The number of aryl methyl sites for hydroxylation is 1. The highest BCUT2D eigenvalue weighted by molar-refractivity contribution is 5.25. The van der Waals surface area contributed by atoms with Crippen LogP contribution in [0.15, 0.2) is 12.4 Å². The second-order valence-corrected chi connectivity index (χ2v) is 3.36. The lowest BCUT2D eigenvalue weighted by Gasteiger charge is -2.14. The third-order valence-corrected chi connectivity index (χ3v) is 2.37. The van der Waals surface area contributed by atoms with Gasteiger partial charge in [0.15, 0.2) is 0 Å². The molecule has 4 heteroatoms. The van der Waals surface area contributed by atoms with Crippen molar-refractivity contribution in [3.05, 3.63) is 12.4 Å². The molecular formula is C10H20N4. The van der Waals surface area contributed by atoms with Gasteiger partial charge in [-0.25, -0.2) is 4.98 Å². The highest BCUT2D eigenvalue weighted by Gasteiger charge is 1.99. The summed E-state index contributed by atoms with van der Waals surface area (Å²) in [5, 5.41) is 3.32. The molecule has 0 amide bonds. The molecule has 0 saturated carbocycles. The zero-order valence-electron chi connectivity index (χ0n) is 9.32. The fourth-order valence-corrected chi connectivity index (χ4v) is 1.25. The van der Waals surface area contributed by atoms with Crippen LogP contribution < -0.4 is 5.32 Å². The molecule has 1 rings (SSSR count). The number of rotatable bonds is 6. The highest BCUT2D eigenvalue weighted by Crippen LogP contribution is 2.02. The van der Waals surface area contributed by atoms with Crippen LogP contribution in [0.1, 0.15) is 13.8 Å². The lowest BCUT2D eigenvalue weighted by Crippen LogP contribution is -2.25. The third-order valence-electron chi connectivity index (χ3n) is 2.37. The van der Waals surface area contributed by atoms with E-state index in [4.69, 9.17) is 0 Å². The van der Waals surface area contributed by atoms with Crippen molar-refractivity contribution in [2.45, 2.75) is 20.4 Å². The van der Waals surface area contributed by atoms with Crippen molar-refractivity contribution in [2.75, 3.05) is 32.0 Å². The number of hydrogen-bond donors (Lipinski definition) is 1. The molecule has 0 aliphatic carbocycles. The smallest absolute Gasteiger partial charge is 0.202 e. The van der Waals surface area contributed by atoms with Gasteiger partial charge in [-0.05, 0) is 20.5 Å². The zero-order valence-corrected chi connectivity index (χ0v) is 9.32. The quantitative estimate of drug-likeness (QED) is 0.743. The average Bonchev–Trinajstić information content (AvgIpc) is 2.65. The van der Waals surface area contributed by atoms with Gasteiger partial charge in [-0.1, -0.05) is 6.92 Å². The van der Waals surface area contributed by atoms with Gasteiger partial charge in [0.25, 0.3) is 0 Å². The van der Waals surface area contributed by atoms with Crippen LogP contribution in [0.4, 0.5) is 5.95 Å². The van der Waals surface area contributed by atoms with Crippen molar-refractivity contribution in [3.63, 3.8) is 0 Å².